The SMILES string of the molecule is CCOC(=O)c1cnoc1-c1ccc(C)cc1. The van der Waals surface area contributed by atoms with Crippen LogP contribution in [0.15, 0.2) is 35.0 Å². The third-order valence-corrected chi connectivity index (χ3v) is 2.38. The fourth-order valence-electron chi connectivity index (χ4n) is 1.51. The molecule has 1 heterocycles. The smallest absolute Gasteiger partial charge is 0.343 e. The number of hydrogen-bond acceptors (Lipinski definition) is 4. The van der Waals surface area contributed by atoms with Crippen LogP contribution in [0.4, 0.5) is 0 Å². The number of nitrogens with zero attached hydrogens (tertiary/aromatic N) is 1. The minimum atomic E-state index is -0.413. The van der Waals surface area contributed by atoms with Crippen LogP contribution in [0.5, 0.6) is 0 Å². The van der Waals surface area contributed by atoms with Gasteiger partial charge in [0, 0.05) is 5.56 Å². The molecule has 0 saturated carbocycles. The molecule has 0 fully saturated rings. The molecule has 2 aromatic rings. The van der Waals surface area contributed by atoms with Gasteiger partial charge in [-0.2, -0.15) is 0 Å². The van der Waals surface area contributed by atoms with Gasteiger partial charge in [-0.05, 0) is 13.8 Å². The Kier molecular flexibility index (Phi) is 3.23. The Hall–Kier alpha value is -2.10. The van der Waals surface area contributed by atoms with E-state index in [4.69, 9.17) is 9.26 Å². The fraction of sp³-hybridized carbons (Fsp3) is 0.231. The van der Waals surface area contributed by atoms with E-state index in [1.807, 2.05) is 31.2 Å². The van der Waals surface area contributed by atoms with Gasteiger partial charge in [-0.3, -0.25) is 0 Å². The van der Waals surface area contributed by atoms with Gasteiger partial charge in [0.15, 0.2) is 5.76 Å². The molecule has 4 heteroatoms. The quantitative estimate of drug-likeness (QED) is 0.762. The molecular formula is C13H13NO3. The summed E-state index contributed by atoms with van der Waals surface area (Å²) in [6.45, 7) is 4.09. The van der Waals surface area contributed by atoms with E-state index in [2.05, 4.69) is 5.16 Å². The molecule has 0 atom stereocenters. The van der Waals surface area contributed by atoms with Crippen molar-refractivity contribution in [2.24, 2.45) is 0 Å². The monoisotopic (exact) mass is 231 g/mol. The maximum Gasteiger partial charge on any atom is 0.343 e. The van der Waals surface area contributed by atoms with Gasteiger partial charge in [0.25, 0.3) is 0 Å². The van der Waals surface area contributed by atoms with Crippen molar-refractivity contribution in [3.8, 4) is 11.3 Å². The summed E-state index contributed by atoms with van der Waals surface area (Å²) < 4.78 is 10.0. The number of carbonyl (C=O) groups excluding carboxylic acids is 1. The highest BCUT2D eigenvalue weighted by molar-refractivity contribution is 5.95. The van der Waals surface area contributed by atoms with E-state index in [-0.39, 0.29) is 0 Å². The summed E-state index contributed by atoms with van der Waals surface area (Å²) in [6, 6.07) is 7.68. The zero-order valence-electron chi connectivity index (χ0n) is 9.77. The third kappa shape index (κ3) is 2.36. The minimum Gasteiger partial charge on any atom is -0.462 e. The number of hydrogen-bond donors (Lipinski definition) is 0. The number of aromatic nitrogens is 1. The lowest BCUT2D eigenvalue weighted by molar-refractivity contribution is 0.0527. The molecule has 1 aromatic heterocycles. The highest BCUT2D eigenvalue weighted by Gasteiger charge is 2.18. The lowest BCUT2D eigenvalue weighted by atomic mass is 10.1. The molecule has 0 unspecified atom stereocenters. The van der Waals surface area contributed by atoms with E-state index in [9.17, 15) is 4.79 Å². The van der Waals surface area contributed by atoms with Gasteiger partial charge in [-0.25, -0.2) is 4.79 Å². The largest absolute Gasteiger partial charge is 0.462 e. The average Bonchev–Trinajstić information content (AvgIpc) is 2.79. The van der Waals surface area contributed by atoms with Crippen LogP contribution in [0.1, 0.15) is 22.8 Å². The zero-order chi connectivity index (χ0) is 12.3. The topological polar surface area (TPSA) is 52.3 Å². The molecule has 1 aromatic carbocycles. The van der Waals surface area contributed by atoms with E-state index in [1.165, 1.54) is 6.20 Å². The van der Waals surface area contributed by atoms with Crippen LogP contribution >= 0.6 is 0 Å². The van der Waals surface area contributed by atoms with Crippen LogP contribution in [-0.2, 0) is 4.74 Å². The molecule has 17 heavy (non-hydrogen) atoms. The maximum atomic E-state index is 11.6. The van der Waals surface area contributed by atoms with Crippen molar-refractivity contribution in [2.75, 3.05) is 6.61 Å². The standard InChI is InChI=1S/C13H13NO3/c1-3-16-13(15)11-8-14-17-12(11)10-6-4-9(2)5-7-10/h4-8H,3H2,1-2H3. The molecule has 0 amide bonds. The van der Waals surface area contributed by atoms with E-state index < -0.39 is 5.97 Å². The second kappa shape index (κ2) is 4.82. The Bertz CT molecular complexity index is 514. The van der Waals surface area contributed by atoms with Crippen LogP contribution in [0.25, 0.3) is 11.3 Å². The van der Waals surface area contributed by atoms with E-state index in [0.717, 1.165) is 11.1 Å². The Balaban J connectivity index is 2.36. The molecule has 0 aliphatic rings. The first-order valence-corrected chi connectivity index (χ1v) is 5.41. The number of benzene rings is 1. The number of ether oxygens (including phenoxy) is 1. The first kappa shape index (κ1) is 11.4. The Morgan fingerprint density at radius 1 is 1.35 bits per heavy atom. The Labute approximate surface area is 99.2 Å². The highest BCUT2D eigenvalue weighted by atomic mass is 16.5. The molecule has 0 bridgehead atoms. The van der Waals surface area contributed by atoms with Crippen LogP contribution in [0, 0.1) is 6.92 Å². The summed E-state index contributed by atoms with van der Waals surface area (Å²) in [5, 5.41) is 3.65. The zero-order valence-corrected chi connectivity index (χ0v) is 9.77. The van der Waals surface area contributed by atoms with Crippen LogP contribution in [0.3, 0.4) is 0 Å². The summed E-state index contributed by atoms with van der Waals surface area (Å²) in [5.74, 6) is 0.0350. The number of aryl methyl sites for hydroxylation is 1. The van der Waals surface area contributed by atoms with Crippen LogP contribution in [-0.4, -0.2) is 17.7 Å². The van der Waals surface area contributed by atoms with Gasteiger partial charge in [0.2, 0.25) is 0 Å². The molecule has 0 aliphatic carbocycles. The lowest BCUT2D eigenvalue weighted by Gasteiger charge is -2.01. The first-order valence-electron chi connectivity index (χ1n) is 5.41. The minimum absolute atomic E-state index is 0.331. The molecule has 4 nitrogen and oxygen atoms in total. The molecule has 0 radical (unpaired) electrons. The Morgan fingerprint density at radius 3 is 2.71 bits per heavy atom. The Morgan fingerprint density at radius 2 is 2.06 bits per heavy atom. The molecule has 88 valence electrons. The predicted molar refractivity (Wildman–Crippen MR) is 62.6 cm³/mol. The summed E-state index contributed by atoms with van der Waals surface area (Å²) >= 11 is 0. The molecule has 0 spiro atoms. The molecule has 0 aliphatic heterocycles. The van der Waals surface area contributed by atoms with Crippen molar-refractivity contribution < 1.29 is 14.1 Å². The summed E-state index contributed by atoms with van der Waals surface area (Å²) in [7, 11) is 0. The van der Waals surface area contributed by atoms with Crippen molar-refractivity contribution in [3.05, 3.63) is 41.6 Å². The second-order valence-corrected chi connectivity index (χ2v) is 3.66. The second-order valence-electron chi connectivity index (χ2n) is 3.66. The van der Waals surface area contributed by atoms with Gasteiger partial charge < -0.3 is 9.26 Å². The van der Waals surface area contributed by atoms with Crippen LogP contribution < -0.4 is 0 Å². The third-order valence-electron chi connectivity index (χ3n) is 2.38. The molecular weight excluding hydrogens is 218 g/mol. The molecule has 0 saturated heterocycles. The summed E-state index contributed by atoms with van der Waals surface area (Å²) in [5.41, 5.74) is 2.32. The predicted octanol–water partition coefficient (Wildman–Crippen LogP) is 2.83. The number of rotatable bonds is 3. The number of esters is 1. The van der Waals surface area contributed by atoms with Gasteiger partial charge in [-0.1, -0.05) is 35.0 Å². The normalized spacial score (nSPS) is 10.2. The van der Waals surface area contributed by atoms with E-state index in [0.29, 0.717) is 17.9 Å². The first-order chi connectivity index (χ1) is 8.22. The molecule has 2 rings (SSSR count). The maximum absolute atomic E-state index is 11.6. The van der Waals surface area contributed by atoms with Gasteiger partial charge in [-0.15, -0.1) is 0 Å². The molecule has 0 N–H and O–H groups in total. The van der Waals surface area contributed by atoms with Gasteiger partial charge in [0.05, 0.1) is 12.8 Å². The van der Waals surface area contributed by atoms with Crippen LogP contribution in [0.2, 0.25) is 0 Å². The van der Waals surface area contributed by atoms with E-state index >= 15 is 0 Å². The number of carbonyl (C=O) groups is 1. The van der Waals surface area contributed by atoms with Crippen molar-refractivity contribution in [2.45, 2.75) is 13.8 Å². The lowest BCUT2D eigenvalue weighted by Crippen LogP contribution is -2.04. The fourth-order valence-corrected chi connectivity index (χ4v) is 1.51. The average molecular weight is 231 g/mol. The highest BCUT2D eigenvalue weighted by Crippen LogP contribution is 2.24. The van der Waals surface area contributed by atoms with Crippen molar-refractivity contribution >= 4 is 5.97 Å². The summed E-state index contributed by atoms with van der Waals surface area (Å²) in [6.07, 6.45) is 1.38. The van der Waals surface area contributed by atoms with E-state index in [1.54, 1.807) is 6.92 Å². The van der Waals surface area contributed by atoms with Crippen molar-refractivity contribution in [1.29, 1.82) is 0 Å². The summed E-state index contributed by atoms with van der Waals surface area (Å²) in [4.78, 5) is 11.6. The van der Waals surface area contributed by atoms with Crippen molar-refractivity contribution in [1.82, 2.24) is 5.16 Å². The van der Waals surface area contributed by atoms with Gasteiger partial charge >= 0.3 is 5.97 Å². The van der Waals surface area contributed by atoms with Crippen molar-refractivity contribution in [3.63, 3.8) is 0 Å². The van der Waals surface area contributed by atoms with Gasteiger partial charge in [0.1, 0.15) is 5.56 Å².